The molecule has 0 N–H and O–H groups in total. The van der Waals surface area contributed by atoms with Crippen LogP contribution in [0.3, 0.4) is 0 Å². The SMILES string of the molecule is CC(OCC1CCCCO1)C(=O)N(Cc1ccccc1)C(C)CN1CCOCC1. The van der Waals surface area contributed by atoms with Gasteiger partial charge < -0.3 is 19.1 Å². The van der Waals surface area contributed by atoms with Crippen molar-refractivity contribution >= 4 is 5.91 Å². The minimum Gasteiger partial charge on any atom is -0.379 e. The van der Waals surface area contributed by atoms with E-state index >= 15 is 0 Å². The maximum Gasteiger partial charge on any atom is 0.251 e. The molecule has 2 saturated heterocycles. The lowest BCUT2D eigenvalue weighted by molar-refractivity contribution is -0.149. The fraction of sp³-hybridized carbons (Fsp3) is 0.696. The number of benzene rings is 1. The average Bonchev–Trinajstić information content (AvgIpc) is 2.77. The van der Waals surface area contributed by atoms with E-state index < -0.39 is 6.10 Å². The maximum absolute atomic E-state index is 13.3. The second-order valence-electron chi connectivity index (χ2n) is 8.18. The van der Waals surface area contributed by atoms with Crippen molar-refractivity contribution in [2.45, 2.75) is 57.9 Å². The lowest BCUT2D eigenvalue weighted by atomic mass is 10.1. The fourth-order valence-corrected chi connectivity index (χ4v) is 3.98. The Morgan fingerprint density at radius 2 is 1.93 bits per heavy atom. The molecule has 0 radical (unpaired) electrons. The van der Waals surface area contributed by atoms with E-state index in [4.69, 9.17) is 14.2 Å². The van der Waals surface area contributed by atoms with Gasteiger partial charge in [0.25, 0.3) is 5.91 Å². The van der Waals surface area contributed by atoms with Gasteiger partial charge in [-0.3, -0.25) is 9.69 Å². The van der Waals surface area contributed by atoms with E-state index in [-0.39, 0.29) is 18.1 Å². The van der Waals surface area contributed by atoms with Gasteiger partial charge in [0, 0.05) is 38.8 Å². The van der Waals surface area contributed by atoms with Gasteiger partial charge in [-0.05, 0) is 38.7 Å². The first-order chi connectivity index (χ1) is 14.1. The van der Waals surface area contributed by atoms with Gasteiger partial charge in [-0.15, -0.1) is 0 Å². The van der Waals surface area contributed by atoms with Crippen LogP contribution in [-0.2, 0) is 25.5 Å². The minimum absolute atomic E-state index is 0.0467. The maximum atomic E-state index is 13.3. The van der Waals surface area contributed by atoms with Crippen molar-refractivity contribution in [3.8, 4) is 0 Å². The summed E-state index contributed by atoms with van der Waals surface area (Å²) in [5, 5.41) is 0. The Kier molecular flexibility index (Phi) is 8.92. The zero-order valence-electron chi connectivity index (χ0n) is 17.9. The molecular formula is C23H36N2O4. The molecule has 6 nitrogen and oxygen atoms in total. The predicted molar refractivity (Wildman–Crippen MR) is 113 cm³/mol. The Morgan fingerprint density at radius 3 is 2.62 bits per heavy atom. The van der Waals surface area contributed by atoms with Crippen LogP contribution in [0.4, 0.5) is 0 Å². The van der Waals surface area contributed by atoms with Gasteiger partial charge in [0.2, 0.25) is 0 Å². The van der Waals surface area contributed by atoms with Gasteiger partial charge in [-0.25, -0.2) is 0 Å². The van der Waals surface area contributed by atoms with E-state index in [0.29, 0.717) is 13.2 Å². The molecular weight excluding hydrogens is 368 g/mol. The highest BCUT2D eigenvalue weighted by Crippen LogP contribution is 2.16. The Labute approximate surface area is 175 Å². The molecule has 1 aromatic carbocycles. The fourth-order valence-electron chi connectivity index (χ4n) is 3.98. The zero-order chi connectivity index (χ0) is 20.5. The molecule has 0 aromatic heterocycles. The highest BCUT2D eigenvalue weighted by atomic mass is 16.5. The molecule has 29 heavy (non-hydrogen) atoms. The van der Waals surface area contributed by atoms with Crippen molar-refractivity contribution in [3.05, 3.63) is 35.9 Å². The average molecular weight is 405 g/mol. The minimum atomic E-state index is -0.476. The summed E-state index contributed by atoms with van der Waals surface area (Å²) in [5.41, 5.74) is 1.14. The summed E-state index contributed by atoms with van der Waals surface area (Å²) in [7, 11) is 0. The van der Waals surface area contributed by atoms with Crippen molar-refractivity contribution in [1.29, 1.82) is 0 Å². The van der Waals surface area contributed by atoms with Crippen LogP contribution in [0.2, 0.25) is 0 Å². The van der Waals surface area contributed by atoms with Crippen molar-refractivity contribution < 1.29 is 19.0 Å². The molecule has 0 bridgehead atoms. The number of hydrogen-bond acceptors (Lipinski definition) is 5. The van der Waals surface area contributed by atoms with Crippen LogP contribution in [0, 0.1) is 0 Å². The molecule has 3 unspecified atom stereocenters. The van der Waals surface area contributed by atoms with E-state index in [9.17, 15) is 4.79 Å². The molecule has 3 atom stereocenters. The van der Waals surface area contributed by atoms with Crippen LogP contribution in [0.15, 0.2) is 30.3 Å². The number of morpholine rings is 1. The number of amides is 1. The molecule has 2 aliphatic heterocycles. The van der Waals surface area contributed by atoms with Crippen molar-refractivity contribution in [2.24, 2.45) is 0 Å². The molecule has 1 aromatic rings. The molecule has 162 valence electrons. The molecule has 2 fully saturated rings. The van der Waals surface area contributed by atoms with Gasteiger partial charge in [-0.1, -0.05) is 30.3 Å². The third kappa shape index (κ3) is 7.07. The molecule has 2 aliphatic rings. The molecule has 1 amide bonds. The highest BCUT2D eigenvalue weighted by Gasteiger charge is 2.28. The van der Waals surface area contributed by atoms with Crippen LogP contribution in [0.25, 0.3) is 0 Å². The summed E-state index contributed by atoms with van der Waals surface area (Å²) in [6.07, 6.45) is 2.95. The van der Waals surface area contributed by atoms with Gasteiger partial charge in [-0.2, -0.15) is 0 Å². The largest absolute Gasteiger partial charge is 0.379 e. The third-order valence-electron chi connectivity index (χ3n) is 5.79. The Morgan fingerprint density at radius 1 is 1.17 bits per heavy atom. The lowest BCUT2D eigenvalue weighted by Gasteiger charge is -2.36. The van der Waals surface area contributed by atoms with E-state index in [1.165, 1.54) is 6.42 Å². The summed E-state index contributed by atoms with van der Waals surface area (Å²) in [4.78, 5) is 17.7. The Hall–Kier alpha value is -1.47. The van der Waals surface area contributed by atoms with E-state index in [0.717, 1.165) is 57.9 Å². The van der Waals surface area contributed by atoms with Gasteiger partial charge in [0.05, 0.1) is 25.9 Å². The Balaban J connectivity index is 1.60. The summed E-state index contributed by atoms with van der Waals surface area (Å²) >= 11 is 0. The van der Waals surface area contributed by atoms with Crippen LogP contribution in [0.5, 0.6) is 0 Å². The molecule has 6 heteroatoms. The van der Waals surface area contributed by atoms with Crippen molar-refractivity contribution in [3.63, 3.8) is 0 Å². The molecule has 2 heterocycles. The molecule has 3 rings (SSSR count). The van der Waals surface area contributed by atoms with Gasteiger partial charge in [0.1, 0.15) is 6.10 Å². The summed E-state index contributed by atoms with van der Waals surface area (Å²) in [5.74, 6) is 0.0467. The summed E-state index contributed by atoms with van der Waals surface area (Å²) in [6.45, 7) is 10.1. The number of carbonyl (C=O) groups excluding carboxylic acids is 1. The first-order valence-corrected chi connectivity index (χ1v) is 11.0. The summed E-state index contributed by atoms with van der Waals surface area (Å²) < 4.78 is 17.2. The highest BCUT2D eigenvalue weighted by molar-refractivity contribution is 5.80. The quantitative estimate of drug-likeness (QED) is 0.633. The predicted octanol–water partition coefficient (Wildman–Crippen LogP) is 2.71. The number of hydrogen-bond donors (Lipinski definition) is 0. The Bertz CT molecular complexity index is 600. The lowest BCUT2D eigenvalue weighted by Crippen LogP contribution is -2.50. The number of ether oxygens (including phenoxy) is 3. The summed E-state index contributed by atoms with van der Waals surface area (Å²) in [6, 6.07) is 10.3. The molecule has 0 spiro atoms. The number of rotatable bonds is 9. The monoisotopic (exact) mass is 404 g/mol. The van der Waals surface area contributed by atoms with E-state index in [1.807, 2.05) is 30.0 Å². The first kappa shape index (κ1) is 22.2. The standard InChI is InChI=1S/C23H36N2O4/c1-19(16-24-11-14-27-15-12-24)25(17-21-8-4-3-5-9-21)23(26)20(2)29-18-22-10-6-7-13-28-22/h3-5,8-9,19-20,22H,6-7,10-18H2,1-2H3. The second-order valence-corrected chi connectivity index (χ2v) is 8.18. The normalized spacial score (nSPS) is 22.8. The molecule has 0 saturated carbocycles. The topological polar surface area (TPSA) is 51.2 Å². The van der Waals surface area contributed by atoms with Crippen LogP contribution in [0.1, 0.15) is 38.7 Å². The molecule has 0 aliphatic carbocycles. The number of carbonyl (C=O) groups is 1. The second kappa shape index (κ2) is 11.6. The van der Waals surface area contributed by atoms with Crippen molar-refractivity contribution in [1.82, 2.24) is 9.80 Å². The first-order valence-electron chi connectivity index (χ1n) is 11.0. The number of nitrogens with zero attached hydrogens (tertiary/aromatic N) is 2. The smallest absolute Gasteiger partial charge is 0.251 e. The van der Waals surface area contributed by atoms with E-state index in [2.05, 4.69) is 24.0 Å². The van der Waals surface area contributed by atoms with Crippen LogP contribution in [-0.4, -0.2) is 80.0 Å². The van der Waals surface area contributed by atoms with Gasteiger partial charge >= 0.3 is 0 Å². The van der Waals surface area contributed by atoms with Crippen molar-refractivity contribution in [2.75, 3.05) is 46.1 Å². The third-order valence-corrected chi connectivity index (χ3v) is 5.79. The van der Waals surface area contributed by atoms with Crippen LogP contribution >= 0.6 is 0 Å². The van der Waals surface area contributed by atoms with Crippen LogP contribution < -0.4 is 0 Å². The van der Waals surface area contributed by atoms with E-state index in [1.54, 1.807) is 0 Å². The zero-order valence-corrected chi connectivity index (χ0v) is 17.9. The van der Waals surface area contributed by atoms with Gasteiger partial charge in [0.15, 0.2) is 0 Å².